The molecule has 0 aromatic rings. The van der Waals surface area contributed by atoms with E-state index in [2.05, 4.69) is 6.58 Å². The van der Waals surface area contributed by atoms with Gasteiger partial charge in [-0.1, -0.05) is 19.4 Å². The highest BCUT2D eigenvalue weighted by atomic mass is 31.2. The van der Waals surface area contributed by atoms with Gasteiger partial charge in [0.25, 0.3) is 0 Å². The van der Waals surface area contributed by atoms with Gasteiger partial charge in [0.2, 0.25) is 0 Å². The van der Waals surface area contributed by atoms with Crippen LogP contribution in [0, 0.1) is 0 Å². The summed E-state index contributed by atoms with van der Waals surface area (Å²) in [6.07, 6.45) is 3.32. The van der Waals surface area contributed by atoms with Crippen molar-refractivity contribution >= 4 is 13.4 Å². The first-order chi connectivity index (χ1) is 6.83. The summed E-state index contributed by atoms with van der Waals surface area (Å²) >= 11 is 0. The second kappa shape index (κ2) is 6.94. The summed E-state index contributed by atoms with van der Waals surface area (Å²) in [7, 11) is -3.83. The van der Waals surface area contributed by atoms with E-state index in [9.17, 15) is 9.36 Å². The molecular formula is C10H19O4P. The van der Waals surface area contributed by atoms with E-state index in [1.54, 1.807) is 6.92 Å². The number of hydrogen-bond acceptors (Lipinski definition) is 2. The third kappa shape index (κ3) is 9.85. The van der Waals surface area contributed by atoms with E-state index in [4.69, 9.17) is 9.79 Å². The fourth-order valence-corrected chi connectivity index (χ4v) is 1.81. The van der Waals surface area contributed by atoms with Crippen molar-refractivity contribution in [3.63, 3.8) is 0 Å². The van der Waals surface area contributed by atoms with Crippen molar-refractivity contribution < 1.29 is 19.1 Å². The summed E-state index contributed by atoms with van der Waals surface area (Å²) in [5, 5.41) is 0. The molecule has 0 unspecified atom stereocenters. The number of carbonyl (C=O) groups is 1. The molecule has 4 nitrogen and oxygen atoms in total. The van der Waals surface area contributed by atoms with Crippen LogP contribution in [0.3, 0.4) is 0 Å². The van der Waals surface area contributed by atoms with Crippen LogP contribution in [-0.2, 0) is 9.36 Å². The number of Topliss-reactive ketones (excluding diaryl/α,β-unsaturated/α-hetero) is 1. The maximum Gasteiger partial charge on any atom is 0.325 e. The van der Waals surface area contributed by atoms with Gasteiger partial charge >= 0.3 is 7.60 Å². The predicted molar refractivity (Wildman–Crippen MR) is 59.8 cm³/mol. The molecule has 0 atom stereocenters. The normalized spacial score (nSPS) is 11.4. The first-order valence-electron chi connectivity index (χ1n) is 5.06. The summed E-state index contributed by atoms with van der Waals surface area (Å²) < 4.78 is 10.5. The lowest BCUT2D eigenvalue weighted by Crippen LogP contribution is -1.97. The summed E-state index contributed by atoms with van der Waals surface area (Å²) in [5.74, 6) is 0.0741. The molecule has 0 fully saturated rings. The minimum atomic E-state index is -3.83. The van der Waals surface area contributed by atoms with E-state index in [-0.39, 0.29) is 11.9 Å². The molecule has 0 heterocycles. The number of carbonyl (C=O) groups excluding carboxylic acids is 1. The van der Waals surface area contributed by atoms with Crippen molar-refractivity contribution in [3.05, 3.63) is 12.2 Å². The molecule has 88 valence electrons. The van der Waals surface area contributed by atoms with Gasteiger partial charge in [-0.05, 0) is 25.3 Å². The maximum atomic E-state index is 11.1. The van der Waals surface area contributed by atoms with E-state index in [0.29, 0.717) is 18.4 Å². The molecule has 0 aromatic carbocycles. The Morgan fingerprint density at radius 1 is 1.20 bits per heavy atom. The van der Waals surface area contributed by atoms with Crippen LogP contribution >= 0.6 is 7.60 Å². The van der Waals surface area contributed by atoms with E-state index in [1.807, 2.05) is 0 Å². The molecule has 0 aromatic heterocycles. The van der Waals surface area contributed by atoms with Crippen LogP contribution in [0.5, 0.6) is 0 Å². The van der Waals surface area contributed by atoms with Crippen LogP contribution < -0.4 is 0 Å². The van der Waals surface area contributed by atoms with E-state index in [0.717, 1.165) is 19.3 Å². The average Bonchev–Trinajstić information content (AvgIpc) is 2.08. The monoisotopic (exact) mass is 234 g/mol. The molecular weight excluding hydrogens is 215 g/mol. The lowest BCUT2D eigenvalue weighted by Gasteiger charge is -2.03. The molecule has 0 rings (SSSR count). The molecule has 0 bridgehead atoms. The Kier molecular flexibility index (Phi) is 6.73. The molecule has 5 heteroatoms. The van der Waals surface area contributed by atoms with Gasteiger partial charge < -0.3 is 9.79 Å². The quantitative estimate of drug-likeness (QED) is 0.384. The number of ketones is 1. The van der Waals surface area contributed by atoms with Crippen molar-refractivity contribution in [2.75, 3.05) is 6.16 Å². The van der Waals surface area contributed by atoms with Gasteiger partial charge in [0.15, 0.2) is 5.78 Å². The predicted octanol–water partition coefficient (Wildman–Crippen LogP) is 2.26. The smallest absolute Gasteiger partial charge is 0.324 e. The zero-order valence-corrected chi connectivity index (χ0v) is 10.0. The van der Waals surface area contributed by atoms with Crippen LogP contribution in [-0.4, -0.2) is 21.7 Å². The van der Waals surface area contributed by atoms with E-state index >= 15 is 0 Å². The molecule has 15 heavy (non-hydrogen) atoms. The Bertz CT molecular complexity index is 267. The van der Waals surface area contributed by atoms with Crippen LogP contribution in [0.2, 0.25) is 0 Å². The number of unbranched alkanes of at least 4 members (excludes halogenated alkanes) is 3. The van der Waals surface area contributed by atoms with E-state index < -0.39 is 7.60 Å². The second-order valence-electron chi connectivity index (χ2n) is 3.76. The van der Waals surface area contributed by atoms with Crippen LogP contribution in [0.25, 0.3) is 0 Å². The molecule has 0 aliphatic carbocycles. The van der Waals surface area contributed by atoms with Crippen LogP contribution in [0.4, 0.5) is 0 Å². The van der Waals surface area contributed by atoms with Gasteiger partial charge in [-0.25, -0.2) is 0 Å². The molecule has 0 spiro atoms. The Hall–Kier alpha value is -0.440. The zero-order valence-electron chi connectivity index (χ0n) is 9.11. The fourth-order valence-electron chi connectivity index (χ4n) is 1.17. The van der Waals surface area contributed by atoms with Crippen molar-refractivity contribution in [3.8, 4) is 0 Å². The Morgan fingerprint density at radius 2 is 1.73 bits per heavy atom. The average molecular weight is 234 g/mol. The van der Waals surface area contributed by atoms with Crippen LogP contribution in [0.15, 0.2) is 12.2 Å². The molecule has 0 saturated carbocycles. The molecule has 0 aliphatic heterocycles. The largest absolute Gasteiger partial charge is 0.325 e. The van der Waals surface area contributed by atoms with Crippen LogP contribution in [0.1, 0.15) is 39.0 Å². The number of allylic oxidation sites excluding steroid dienone is 1. The highest BCUT2D eigenvalue weighted by Gasteiger charge is 2.11. The fraction of sp³-hybridized carbons (Fsp3) is 0.700. The Morgan fingerprint density at radius 3 is 2.20 bits per heavy atom. The Balaban J connectivity index is 3.37. The number of hydrogen-bond donors (Lipinski definition) is 2. The van der Waals surface area contributed by atoms with Gasteiger partial charge in [0, 0.05) is 12.6 Å². The van der Waals surface area contributed by atoms with Crippen molar-refractivity contribution in [2.45, 2.75) is 39.0 Å². The molecule has 0 amide bonds. The Labute approximate surface area is 90.5 Å². The minimum Gasteiger partial charge on any atom is -0.324 e. The van der Waals surface area contributed by atoms with E-state index in [1.165, 1.54) is 0 Å². The topological polar surface area (TPSA) is 74.6 Å². The first-order valence-corrected chi connectivity index (χ1v) is 6.86. The SMILES string of the molecule is C=C(C)C(=O)CCCCCCP(=O)(O)O. The van der Waals surface area contributed by atoms with Crippen molar-refractivity contribution in [1.82, 2.24) is 0 Å². The standard InChI is InChI=1S/C10H19O4P/c1-9(2)10(11)7-5-3-4-6-8-15(12,13)14/h1,3-8H2,2H3,(H2,12,13,14). The minimum absolute atomic E-state index is 0.0541. The highest BCUT2D eigenvalue weighted by molar-refractivity contribution is 7.51. The summed E-state index contributed by atoms with van der Waals surface area (Å²) in [4.78, 5) is 28.3. The molecule has 2 N–H and O–H groups in total. The summed E-state index contributed by atoms with van der Waals surface area (Å²) in [5.41, 5.74) is 0.574. The number of rotatable bonds is 8. The third-order valence-electron chi connectivity index (χ3n) is 2.08. The maximum absolute atomic E-state index is 11.1. The lowest BCUT2D eigenvalue weighted by atomic mass is 10.1. The molecule has 0 aliphatic rings. The molecule has 0 radical (unpaired) electrons. The van der Waals surface area contributed by atoms with Gasteiger partial charge in [0.05, 0.1) is 0 Å². The summed E-state index contributed by atoms with van der Waals surface area (Å²) in [6.45, 7) is 5.24. The zero-order chi connectivity index (χ0) is 11.9. The molecule has 0 saturated heterocycles. The van der Waals surface area contributed by atoms with Gasteiger partial charge in [0.1, 0.15) is 0 Å². The highest BCUT2D eigenvalue weighted by Crippen LogP contribution is 2.35. The van der Waals surface area contributed by atoms with Crippen molar-refractivity contribution in [2.24, 2.45) is 0 Å². The lowest BCUT2D eigenvalue weighted by molar-refractivity contribution is -0.115. The van der Waals surface area contributed by atoms with Gasteiger partial charge in [-0.15, -0.1) is 0 Å². The van der Waals surface area contributed by atoms with Gasteiger partial charge in [-0.2, -0.15) is 0 Å². The summed E-state index contributed by atoms with van der Waals surface area (Å²) in [6, 6.07) is 0. The first kappa shape index (κ1) is 14.6. The third-order valence-corrected chi connectivity index (χ3v) is 2.98. The second-order valence-corrected chi connectivity index (χ2v) is 5.53. The van der Waals surface area contributed by atoms with Gasteiger partial charge in [-0.3, -0.25) is 9.36 Å². The van der Waals surface area contributed by atoms with Crippen molar-refractivity contribution in [1.29, 1.82) is 0 Å².